The number of esters is 1. The molecule has 1 atom stereocenters. The third-order valence-corrected chi connectivity index (χ3v) is 3.38. The molecule has 0 radical (unpaired) electrons. The molecule has 1 heterocycles. The molecule has 0 bridgehead atoms. The molecular weight excluding hydrogens is 298 g/mol. The average Bonchev–Trinajstić information content (AvgIpc) is 2.41. The van der Waals surface area contributed by atoms with Gasteiger partial charge in [0.15, 0.2) is 6.10 Å². The fourth-order valence-electron chi connectivity index (χ4n) is 1.60. The molecule has 5 heteroatoms. The maximum atomic E-state index is 11.3. The number of aromatic nitrogens is 1. The molecule has 0 N–H and O–H groups in total. The van der Waals surface area contributed by atoms with Crippen molar-refractivity contribution in [2.75, 3.05) is 7.11 Å². The number of benzene rings is 1. The first-order chi connectivity index (χ1) is 8.63. The molecule has 0 saturated heterocycles. The normalized spacial score (nSPS) is 12.2. The number of pyridine rings is 1. The van der Waals surface area contributed by atoms with Gasteiger partial charge in [0.25, 0.3) is 0 Å². The van der Waals surface area contributed by atoms with Crippen LogP contribution in [0, 0.1) is 0 Å². The van der Waals surface area contributed by atoms with E-state index in [2.05, 4.69) is 25.7 Å². The summed E-state index contributed by atoms with van der Waals surface area (Å²) in [4.78, 5) is 15.4. The quantitative estimate of drug-likeness (QED) is 0.818. The van der Waals surface area contributed by atoms with Gasteiger partial charge >= 0.3 is 5.97 Å². The summed E-state index contributed by atoms with van der Waals surface area (Å²) >= 11 is 3.46. The minimum absolute atomic E-state index is 0.409. The van der Waals surface area contributed by atoms with Crippen LogP contribution in [0.1, 0.15) is 6.92 Å². The highest BCUT2D eigenvalue weighted by atomic mass is 79.9. The van der Waals surface area contributed by atoms with Crippen LogP contribution in [0.4, 0.5) is 0 Å². The molecule has 2 rings (SSSR count). The molecule has 0 saturated carbocycles. The van der Waals surface area contributed by atoms with E-state index in [4.69, 9.17) is 4.74 Å². The zero-order valence-electron chi connectivity index (χ0n) is 10.0. The van der Waals surface area contributed by atoms with Crippen molar-refractivity contribution in [3.63, 3.8) is 0 Å². The SMILES string of the molecule is COC(=O)C(C)Oc1ccc2ccncc2c1Br. The number of hydrogen-bond donors (Lipinski definition) is 0. The van der Waals surface area contributed by atoms with Crippen LogP contribution in [0.5, 0.6) is 5.75 Å². The molecule has 1 unspecified atom stereocenters. The van der Waals surface area contributed by atoms with E-state index < -0.39 is 12.1 Å². The van der Waals surface area contributed by atoms with Crippen LogP contribution in [0.25, 0.3) is 10.8 Å². The third-order valence-electron chi connectivity index (χ3n) is 2.56. The molecular formula is C13H12BrNO3. The number of halogens is 1. The average molecular weight is 310 g/mol. The molecule has 0 spiro atoms. The largest absolute Gasteiger partial charge is 0.478 e. The number of carbonyl (C=O) groups excluding carboxylic acids is 1. The summed E-state index contributed by atoms with van der Waals surface area (Å²) in [6.07, 6.45) is 2.82. The Labute approximate surface area is 113 Å². The van der Waals surface area contributed by atoms with E-state index in [1.807, 2.05) is 18.2 Å². The van der Waals surface area contributed by atoms with Crippen molar-refractivity contribution in [2.45, 2.75) is 13.0 Å². The molecule has 94 valence electrons. The second-order valence-corrected chi connectivity index (χ2v) is 4.55. The molecule has 0 aliphatic rings. The van der Waals surface area contributed by atoms with Crippen LogP contribution in [0.15, 0.2) is 35.1 Å². The Hall–Kier alpha value is -1.62. The lowest BCUT2D eigenvalue weighted by atomic mass is 10.2. The van der Waals surface area contributed by atoms with Crippen molar-refractivity contribution < 1.29 is 14.3 Å². The van der Waals surface area contributed by atoms with Crippen molar-refractivity contribution >= 4 is 32.7 Å². The van der Waals surface area contributed by atoms with Crippen molar-refractivity contribution in [2.24, 2.45) is 0 Å². The van der Waals surface area contributed by atoms with Gasteiger partial charge in [-0.25, -0.2) is 4.79 Å². The molecule has 0 aliphatic carbocycles. The van der Waals surface area contributed by atoms with E-state index in [1.165, 1.54) is 7.11 Å². The standard InChI is InChI=1S/C13H12BrNO3/c1-8(13(16)17-2)18-11-4-3-9-5-6-15-7-10(9)12(11)14/h3-8H,1-2H3. The molecule has 0 amide bonds. The van der Waals surface area contributed by atoms with E-state index in [1.54, 1.807) is 19.3 Å². The van der Waals surface area contributed by atoms with Crippen LogP contribution < -0.4 is 4.74 Å². The number of nitrogens with zero attached hydrogens (tertiary/aromatic N) is 1. The molecule has 2 aromatic rings. The van der Waals surface area contributed by atoms with Crippen molar-refractivity contribution in [1.29, 1.82) is 0 Å². The lowest BCUT2D eigenvalue weighted by molar-refractivity contribution is -0.147. The smallest absolute Gasteiger partial charge is 0.346 e. The van der Waals surface area contributed by atoms with Crippen LogP contribution in [-0.2, 0) is 9.53 Å². The minimum atomic E-state index is -0.652. The second-order valence-electron chi connectivity index (χ2n) is 3.76. The number of carbonyl (C=O) groups is 1. The predicted molar refractivity (Wildman–Crippen MR) is 71.5 cm³/mol. The number of fused-ring (bicyclic) bond motifs is 1. The highest BCUT2D eigenvalue weighted by molar-refractivity contribution is 9.10. The minimum Gasteiger partial charge on any atom is -0.478 e. The summed E-state index contributed by atoms with van der Waals surface area (Å²) < 4.78 is 11.0. The van der Waals surface area contributed by atoms with Gasteiger partial charge in [-0.15, -0.1) is 0 Å². The highest BCUT2D eigenvalue weighted by Crippen LogP contribution is 2.33. The van der Waals surface area contributed by atoms with Crippen LogP contribution in [0.3, 0.4) is 0 Å². The molecule has 0 fully saturated rings. The summed E-state index contributed by atoms with van der Waals surface area (Å²) in [5, 5.41) is 1.99. The van der Waals surface area contributed by atoms with Crippen LogP contribution in [0.2, 0.25) is 0 Å². The van der Waals surface area contributed by atoms with Crippen LogP contribution >= 0.6 is 15.9 Å². The van der Waals surface area contributed by atoms with Gasteiger partial charge in [0.05, 0.1) is 11.6 Å². The fourth-order valence-corrected chi connectivity index (χ4v) is 2.16. The zero-order valence-corrected chi connectivity index (χ0v) is 11.6. The van der Waals surface area contributed by atoms with Gasteiger partial charge in [0.2, 0.25) is 0 Å². The Kier molecular flexibility index (Phi) is 3.81. The van der Waals surface area contributed by atoms with E-state index in [-0.39, 0.29) is 0 Å². The molecule has 1 aromatic carbocycles. The van der Waals surface area contributed by atoms with Crippen molar-refractivity contribution in [3.05, 3.63) is 35.1 Å². The van der Waals surface area contributed by atoms with Gasteiger partial charge in [-0.2, -0.15) is 0 Å². The van der Waals surface area contributed by atoms with Gasteiger partial charge in [-0.1, -0.05) is 6.07 Å². The van der Waals surface area contributed by atoms with Gasteiger partial charge in [0.1, 0.15) is 5.75 Å². The maximum absolute atomic E-state index is 11.3. The molecule has 0 aliphatic heterocycles. The Morgan fingerprint density at radius 1 is 1.39 bits per heavy atom. The first-order valence-electron chi connectivity index (χ1n) is 5.40. The molecule has 18 heavy (non-hydrogen) atoms. The first kappa shape index (κ1) is 12.8. The van der Waals surface area contributed by atoms with E-state index in [0.29, 0.717) is 5.75 Å². The number of methoxy groups -OCH3 is 1. The lowest BCUT2D eigenvalue weighted by Gasteiger charge is -2.14. The molecule has 4 nitrogen and oxygen atoms in total. The predicted octanol–water partition coefficient (Wildman–Crippen LogP) is 2.94. The van der Waals surface area contributed by atoms with E-state index >= 15 is 0 Å². The summed E-state index contributed by atoms with van der Waals surface area (Å²) in [7, 11) is 1.33. The Morgan fingerprint density at radius 2 is 2.17 bits per heavy atom. The fraction of sp³-hybridized carbons (Fsp3) is 0.231. The van der Waals surface area contributed by atoms with Gasteiger partial charge in [0, 0.05) is 17.8 Å². The topological polar surface area (TPSA) is 48.4 Å². The summed E-state index contributed by atoms with van der Waals surface area (Å²) in [6.45, 7) is 1.64. The zero-order chi connectivity index (χ0) is 13.1. The Bertz CT molecular complexity index is 585. The van der Waals surface area contributed by atoms with Crippen molar-refractivity contribution in [3.8, 4) is 5.75 Å². The van der Waals surface area contributed by atoms with E-state index in [0.717, 1.165) is 15.2 Å². The highest BCUT2D eigenvalue weighted by Gasteiger charge is 2.17. The second kappa shape index (κ2) is 5.35. The number of rotatable bonds is 3. The van der Waals surface area contributed by atoms with Gasteiger partial charge in [-0.05, 0) is 40.4 Å². The third kappa shape index (κ3) is 2.46. The first-order valence-corrected chi connectivity index (χ1v) is 6.19. The lowest BCUT2D eigenvalue weighted by Crippen LogP contribution is -2.25. The van der Waals surface area contributed by atoms with Gasteiger partial charge < -0.3 is 9.47 Å². The van der Waals surface area contributed by atoms with E-state index in [9.17, 15) is 4.79 Å². The maximum Gasteiger partial charge on any atom is 0.346 e. The number of hydrogen-bond acceptors (Lipinski definition) is 4. The summed E-state index contributed by atoms with van der Waals surface area (Å²) in [6, 6.07) is 5.64. The Morgan fingerprint density at radius 3 is 2.89 bits per heavy atom. The van der Waals surface area contributed by atoms with Crippen LogP contribution in [-0.4, -0.2) is 24.2 Å². The summed E-state index contributed by atoms with van der Waals surface area (Å²) in [5.74, 6) is 0.182. The number of ether oxygens (including phenoxy) is 2. The van der Waals surface area contributed by atoms with Gasteiger partial charge in [-0.3, -0.25) is 4.98 Å². The monoisotopic (exact) mass is 309 g/mol. The molecule has 1 aromatic heterocycles. The van der Waals surface area contributed by atoms with Crippen molar-refractivity contribution in [1.82, 2.24) is 4.98 Å². The summed E-state index contributed by atoms with van der Waals surface area (Å²) in [5.41, 5.74) is 0. The Balaban J connectivity index is 2.35.